The smallest absolute Gasteiger partial charge is 0.326 e. The minimum Gasteiger partial charge on any atom is -0.459 e. The molecule has 0 spiro atoms. The summed E-state index contributed by atoms with van der Waals surface area (Å²) in [5, 5.41) is 2.61. The van der Waals surface area contributed by atoms with E-state index in [1.54, 1.807) is 13.8 Å². The molecule has 1 fully saturated rings. The van der Waals surface area contributed by atoms with Crippen molar-refractivity contribution in [1.82, 2.24) is 10.2 Å². The first kappa shape index (κ1) is 18.6. The molecule has 6 heteroatoms. The summed E-state index contributed by atoms with van der Waals surface area (Å²) < 4.78 is 5.22. The molecule has 3 amide bonds. The van der Waals surface area contributed by atoms with Gasteiger partial charge in [-0.3, -0.25) is 14.5 Å². The van der Waals surface area contributed by atoms with Crippen LogP contribution in [0.15, 0.2) is 54.6 Å². The van der Waals surface area contributed by atoms with Gasteiger partial charge in [-0.05, 0) is 30.0 Å². The molecule has 27 heavy (non-hydrogen) atoms. The standard InChI is InChI=1S/C21H22N2O4/c1-3-21(2)19(25)23(20(26)22-21)13-18(24)27-14-15-9-11-17(12-10-15)16-7-5-4-6-8-16/h4-12H,3,13-14H2,1-2H3,(H,22,26)/t21-/m0/s1. The second kappa shape index (κ2) is 7.61. The quantitative estimate of drug-likeness (QED) is 0.630. The van der Waals surface area contributed by atoms with Crippen LogP contribution >= 0.6 is 0 Å². The number of carbonyl (C=O) groups excluding carboxylic acids is 3. The first-order valence-corrected chi connectivity index (χ1v) is 8.87. The molecule has 140 valence electrons. The summed E-state index contributed by atoms with van der Waals surface area (Å²) in [5.41, 5.74) is 2.06. The van der Waals surface area contributed by atoms with Crippen molar-refractivity contribution < 1.29 is 19.1 Å². The Morgan fingerprint density at radius 1 is 1.04 bits per heavy atom. The Hall–Kier alpha value is -3.15. The van der Waals surface area contributed by atoms with E-state index in [9.17, 15) is 14.4 Å². The topological polar surface area (TPSA) is 75.7 Å². The average molecular weight is 366 g/mol. The van der Waals surface area contributed by atoms with Gasteiger partial charge in [0, 0.05) is 0 Å². The second-order valence-corrected chi connectivity index (χ2v) is 6.73. The molecule has 1 saturated heterocycles. The van der Waals surface area contributed by atoms with Crippen LogP contribution in [-0.4, -0.2) is 34.9 Å². The first-order chi connectivity index (χ1) is 12.9. The number of nitrogens with one attached hydrogen (secondary N) is 1. The zero-order valence-corrected chi connectivity index (χ0v) is 15.4. The number of hydrogen-bond acceptors (Lipinski definition) is 4. The molecule has 2 aromatic rings. The zero-order chi connectivity index (χ0) is 19.4. The minimum atomic E-state index is -0.954. The monoisotopic (exact) mass is 366 g/mol. The SMILES string of the molecule is CC[C@]1(C)NC(=O)N(CC(=O)OCc2ccc(-c3ccccc3)cc2)C1=O. The van der Waals surface area contributed by atoms with Crippen molar-refractivity contribution in [3.05, 3.63) is 60.2 Å². The van der Waals surface area contributed by atoms with Gasteiger partial charge in [0.15, 0.2) is 0 Å². The van der Waals surface area contributed by atoms with E-state index in [0.29, 0.717) is 6.42 Å². The molecule has 0 radical (unpaired) electrons. The van der Waals surface area contributed by atoms with Crippen LogP contribution in [0.1, 0.15) is 25.8 Å². The molecule has 0 saturated carbocycles. The fourth-order valence-corrected chi connectivity index (χ4v) is 2.89. The number of benzene rings is 2. The maximum absolute atomic E-state index is 12.3. The molecule has 0 unspecified atom stereocenters. The molecule has 0 bridgehead atoms. The highest BCUT2D eigenvalue weighted by molar-refractivity contribution is 6.08. The number of imide groups is 1. The van der Waals surface area contributed by atoms with E-state index in [1.165, 1.54) is 0 Å². The van der Waals surface area contributed by atoms with Crippen molar-refractivity contribution in [1.29, 1.82) is 0 Å². The third-order valence-corrected chi connectivity index (χ3v) is 4.80. The van der Waals surface area contributed by atoms with E-state index in [0.717, 1.165) is 21.6 Å². The summed E-state index contributed by atoms with van der Waals surface area (Å²) in [7, 11) is 0. The van der Waals surface area contributed by atoms with Gasteiger partial charge in [0.05, 0.1) is 0 Å². The van der Waals surface area contributed by atoms with Crippen LogP contribution in [0.4, 0.5) is 4.79 Å². The summed E-state index contributed by atoms with van der Waals surface area (Å²) in [4.78, 5) is 37.2. The molecule has 3 rings (SSSR count). The molecule has 0 aromatic heterocycles. The largest absolute Gasteiger partial charge is 0.459 e. The Morgan fingerprint density at radius 2 is 1.67 bits per heavy atom. The maximum Gasteiger partial charge on any atom is 0.326 e. The summed E-state index contributed by atoms with van der Waals surface area (Å²) in [6.07, 6.45) is 0.455. The van der Waals surface area contributed by atoms with Crippen LogP contribution in [0.25, 0.3) is 11.1 Å². The summed E-state index contributed by atoms with van der Waals surface area (Å²) >= 11 is 0. The highest BCUT2D eigenvalue weighted by Gasteiger charge is 2.47. The third-order valence-electron chi connectivity index (χ3n) is 4.80. The van der Waals surface area contributed by atoms with Gasteiger partial charge >= 0.3 is 12.0 Å². The summed E-state index contributed by atoms with van der Waals surface area (Å²) in [5.74, 6) is -1.02. The van der Waals surface area contributed by atoms with Crippen molar-refractivity contribution in [2.75, 3.05) is 6.54 Å². The number of carbonyl (C=O) groups is 3. The van der Waals surface area contributed by atoms with Crippen molar-refractivity contribution in [2.45, 2.75) is 32.4 Å². The van der Waals surface area contributed by atoms with Gasteiger partial charge in [0.1, 0.15) is 18.7 Å². The molecule has 6 nitrogen and oxygen atoms in total. The zero-order valence-electron chi connectivity index (χ0n) is 15.4. The van der Waals surface area contributed by atoms with Crippen LogP contribution in [-0.2, 0) is 20.9 Å². The van der Waals surface area contributed by atoms with Crippen LogP contribution in [0.5, 0.6) is 0 Å². The van der Waals surface area contributed by atoms with Gasteiger partial charge in [0.25, 0.3) is 5.91 Å². The average Bonchev–Trinajstić information content (AvgIpc) is 2.91. The normalized spacial score (nSPS) is 19.1. The molecule has 1 heterocycles. The lowest BCUT2D eigenvalue weighted by molar-refractivity contribution is -0.148. The molecule has 1 aliphatic heterocycles. The molecule has 1 atom stereocenters. The molecule has 1 N–H and O–H groups in total. The Morgan fingerprint density at radius 3 is 2.26 bits per heavy atom. The van der Waals surface area contributed by atoms with E-state index in [2.05, 4.69) is 5.32 Å². The second-order valence-electron chi connectivity index (χ2n) is 6.73. The fraction of sp³-hybridized carbons (Fsp3) is 0.286. The number of esters is 1. The lowest BCUT2D eigenvalue weighted by atomic mass is 9.99. The predicted molar refractivity (Wildman–Crippen MR) is 101 cm³/mol. The lowest BCUT2D eigenvalue weighted by Crippen LogP contribution is -2.43. The minimum absolute atomic E-state index is 0.0859. The van der Waals surface area contributed by atoms with Gasteiger partial charge in [-0.25, -0.2) is 4.79 Å². The fourth-order valence-electron chi connectivity index (χ4n) is 2.89. The van der Waals surface area contributed by atoms with Crippen molar-refractivity contribution >= 4 is 17.9 Å². The number of amides is 3. The molecule has 0 aliphatic carbocycles. The summed E-state index contributed by atoms with van der Waals surface area (Å²) in [6.45, 7) is 3.15. The van der Waals surface area contributed by atoms with E-state index < -0.39 is 23.4 Å². The van der Waals surface area contributed by atoms with Crippen LogP contribution in [0.3, 0.4) is 0 Å². The number of nitrogens with zero attached hydrogens (tertiary/aromatic N) is 1. The highest BCUT2D eigenvalue weighted by Crippen LogP contribution is 2.21. The van der Waals surface area contributed by atoms with E-state index in [-0.39, 0.29) is 13.2 Å². The lowest BCUT2D eigenvalue weighted by Gasteiger charge is -2.18. The molecule has 1 aliphatic rings. The molecular weight excluding hydrogens is 344 g/mol. The van der Waals surface area contributed by atoms with Gasteiger partial charge in [-0.1, -0.05) is 61.5 Å². The van der Waals surface area contributed by atoms with Crippen LogP contribution < -0.4 is 5.32 Å². The van der Waals surface area contributed by atoms with Crippen LogP contribution in [0, 0.1) is 0 Å². The number of urea groups is 1. The van der Waals surface area contributed by atoms with E-state index in [1.807, 2.05) is 54.6 Å². The number of ether oxygens (including phenoxy) is 1. The van der Waals surface area contributed by atoms with Crippen molar-refractivity contribution in [2.24, 2.45) is 0 Å². The number of rotatable bonds is 6. The van der Waals surface area contributed by atoms with Gasteiger partial charge in [-0.2, -0.15) is 0 Å². The van der Waals surface area contributed by atoms with Gasteiger partial charge in [-0.15, -0.1) is 0 Å². The van der Waals surface area contributed by atoms with Gasteiger partial charge < -0.3 is 10.1 Å². The Balaban J connectivity index is 1.55. The maximum atomic E-state index is 12.3. The van der Waals surface area contributed by atoms with Crippen molar-refractivity contribution in [3.63, 3.8) is 0 Å². The van der Waals surface area contributed by atoms with Gasteiger partial charge in [0.2, 0.25) is 0 Å². The first-order valence-electron chi connectivity index (χ1n) is 8.87. The molecule has 2 aromatic carbocycles. The molecular formula is C21H22N2O4. The summed E-state index contributed by atoms with van der Waals surface area (Å²) in [6, 6.07) is 17.1. The van der Waals surface area contributed by atoms with E-state index in [4.69, 9.17) is 4.74 Å². The Kier molecular flexibility index (Phi) is 5.26. The highest BCUT2D eigenvalue weighted by atomic mass is 16.5. The van der Waals surface area contributed by atoms with Crippen LogP contribution in [0.2, 0.25) is 0 Å². The Labute approximate surface area is 158 Å². The van der Waals surface area contributed by atoms with Crippen molar-refractivity contribution in [3.8, 4) is 11.1 Å². The van der Waals surface area contributed by atoms with E-state index >= 15 is 0 Å². The Bertz CT molecular complexity index is 848. The predicted octanol–water partition coefficient (Wildman–Crippen LogP) is 3.12. The number of hydrogen-bond donors (Lipinski definition) is 1. The third kappa shape index (κ3) is 4.00.